The van der Waals surface area contributed by atoms with Gasteiger partial charge in [-0.05, 0) is 62.8 Å². The van der Waals surface area contributed by atoms with Crippen LogP contribution in [0.25, 0.3) is 0 Å². The van der Waals surface area contributed by atoms with Gasteiger partial charge in [-0.15, -0.1) is 0 Å². The number of fused-ring (bicyclic) bond motifs is 1. The smallest absolute Gasteiger partial charge is 0.158 e. The molecule has 3 heterocycles. The van der Waals surface area contributed by atoms with E-state index in [9.17, 15) is 5.11 Å². The number of aliphatic hydroxyl groups excluding tert-OH is 1. The molecule has 202 valence electrons. The first kappa shape index (κ1) is 26.2. The molecule has 0 bridgehead atoms. The van der Waals surface area contributed by atoms with Crippen LogP contribution in [0.4, 0.5) is 0 Å². The fourth-order valence-corrected chi connectivity index (χ4v) is 5.57. The topological polar surface area (TPSA) is 94.1 Å². The summed E-state index contributed by atoms with van der Waals surface area (Å²) >= 11 is 0. The number of benzene rings is 1. The number of ether oxygens (including phenoxy) is 8. The highest BCUT2D eigenvalue weighted by molar-refractivity contribution is 5.31. The predicted molar refractivity (Wildman–Crippen MR) is 129 cm³/mol. The average molecular weight is 509 g/mol. The number of hydrogen-bond donors (Lipinski definition) is 1. The Morgan fingerprint density at radius 1 is 0.917 bits per heavy atom. The molecule has 1 saturated carbocycles. The summed E-state index contributed by atoms with van der Waals surface area (Å²) in [5.41, 5.74) is 0. The van der Waals surface area contributed by atoms with Gasteiger partial charge in [0.1, 0.15) is 24.2 Å². The standard InChI is InChI=1S/C27H40O9/c1-29-18-8-10-19(11-9-18)32-16-20(34-25-6-2-4-12-30-25)17-33-27-21-14-24(28)35-22(21)15-23(27)36-26-7-3-5-13-31-26/h8-11,20-28H,2-7,12-17H2,1H3/t20?,21-,22?,23?,24?,25?,26?,27?/m1/s1. The van der Waals surface area contributed by atoms with Crippen molar-refractivity contribution in [3.63, 3.8) is 0 Å². The van der Waals surface area contributed by atoms with Gasteiger partial charge in [-0.3, -0.25) is 0 Å². The van der Waals surface area contributed by atoms with Crippen LogP contribution in [0.5, 0.6) is 11.5 Å². The van der Waals surface area contributed by atoms with E-state index >= 15 is 0 Å². The van der Waals surface area contributed by atoms with Crippen molar-refractivity contribution in [1.29, 1.82) is 0 Å². The summed E-state index contributed by atoms with van der Waals surface area (Å²) in [4.78, 5) is 0. The molecular weight excluding hydrogens is 468 g/mol. The van der Waals surface area contributed by atoms with Crippen molar-refractivity contribution in [2.24, 2.45) is 5.92 Å². The Morgan fingerprint density at radius 3 is 2.33 bits per heavy atom. The third-order valence-electron chi connectivity index (χ3n) is 7.45. The van der Waals surface area contributed by atoms with Gasteiger partial charge in [0.15, 0.2) is 18.9 Å². The van der Waals surface area contributed by atoms with Gasteiger partial charge >= 0.3 is 0 Å². The molecule has 4 fully saturated rings. The highest BCUT2D eigenvalue weighted by Crippen LogP contribution is 2.42. The zero-order valence-electron chi connectivity index (χ0n) is 21.1. The van der Waals surface area contributed by atoms with E-state index in [2.05, 4.69) is 0 Å². The van der Waals surface area contributed by atoms with Crippen LogP contribution in [0.15, 0.2) is 24.3 Å². The molecule has 1 aromatic carbocycles. The third-order valence-corrected chi connectivity index (χ3v) is 7.45. The molecule has 8 atom stereocenters. The van der Waals surface area contributed by atoms with Crippen LogP contribution >= 0.6 is 0 Å². The first-order valence-electron chi connectivity index (χ1n) is 13.4. The maximum absolute atomic E-state index is 10.1. The van der Waals surface area contributed by atoms with Crippen LogP contribution in [-0.4, -0.2) is 81.9 Å². The lowest BCUT2D eigenvalue weighted by atomic mass is 10.0. The Hall–Kier alpha value is -1.46. The van der Waals surface area contributed by atoms with Gasteiger partial charge < -0.3 is 43.0 Å². The largest absolute Gasteiger partial charge is 0.497 e. The second-order valence-corrected chi connectivity index (χ2v) is 10.1. The number of methoxy groups -OCH3 is 1. The fraction of sp³-hybridized carbons (Fsp3) is 0.778. The van der Waals surface area contributed by atoms with E-state index in [1.165, 1.54) is 0 Å². The van der Waals surface area contributed by atoms with Crippen LogP contribution in [0.1, 0.15) is 51.4 Å². The molecule has 4 aliphatic rings. The molecule has 0 amide bonds. The van der Waals surface area contributed by atoms with E-state index in [1.54, 1.807) is 7.11 Å². The van der Waals surface area contributed by atoms with E-state index in [-0.39, 0.29) is 42.9 Å². The van der Waals surface area contributed by atoms with Gasteiger partial charge in [0, 0.05) is 32.0 Å². The van der Waals surface area contributed by atoms with Crippen LogP contribution in [0.2, 0.25) is 0 Å². The second kappa shape index (κ2) is 12.9. The van der Waals surface area contributed by atoms with Gasteiger partial charge in [-0.2, -0.15) is 0 Å². The number of rotatable bonds is 11. The normalized spacial score (nSPS) is 35.3. The summed E-state index contributed by atoms with van der Waals surface area (Å²) in [7, 11) is 1.64. The summed E-state index contributed by atoms with van der Waals surface area (Å²) < 4.78 is 47.8. The molecule has 9 nitrogen and oxygen atoms in total. The van der Waals surface area contributed by atoms with Crippen molar-refractivity contribution in [3.8, 4) is 11.5 Å². The zero-order valence-corrected chi connectivity index (χ0v) is 21.1. The highest BCUT2D eigenvalue weighted by atomic mass is 16.7. The number of hydrogen-bond acceptors (Lipinski definition) is 9. The second-order valence-electron chi connectivity index (χ2n) is 10.1. The molecule has 7 unspecified atom stereocenters. The third kappa shape index (κ3) is 6.89. The first-order chi connectivity index (χ1) is 17.7. The number of aliphatic hydroxyl groups is 1. The molecule has 0 aromatic heterocycles. The Morgan fingerprint density at radius 2 is 1.64 bits per heavy atom. The van der Waals surface area contributed by atoms with Crippen molar-refractivity contribution in [1.82, 2.24) is 0 Å². The van der Waals surface area contributed by atoms with Gasteiger partial charge in [0.2, 0.25) is 0 Å². The van der Waals surface area contributed by atoms with Crippen LogP contribution in [-0.2, 0) is 28.4 Å². The maximum atomic E-state index is 10.1. The lowest BCUT2D eigenvalue weighted by Crippen LogP contribution is -2.40. The first-order valence-corrected chi connectivity index (χ1v) is 13.4. The zero-order chi connectivity index (χ0) is 24.7. The predicted octanol–water partition coefficient (Wildman–Crippen LogP) is 3.41. The van der Waals surface area contributed by atoms with Crippen molar-refractivity contribution in [2.75, 3.05) is 33.5 Å². The van der Waals surface area contributed by atoms with Crippen molar-refractivity contribution in [3.05, 3.63) is 24.3 Å². The SMILES string of the molecule is COc1ccc(OCC(COC2C(OC3CCCCO3)CC3OC(O)C[C@H]32)OC2CCCCO2)cc1. The lowest BCUT2D eigenvalue weighted by Gasteiger charge is -2.32. The van der Waals surface area contributed by atoms with E-state index in [1.807, 2.05) is 24.3 Å². The summed E-state index contributed by atoms with van der Waals surface area (Å²) in [6, 6.07) is 7.48. The van der Waals surface area contributed by atoms with E-state index in [0.717, 1.165) is 56.6 Å². The Labute approximate surface area is 213 Å². The summed E-state index contributed by atoms with van der Waals surface area (Å²) in [6.45, 7) is 2.08. The van der Waals surface area contributed by atoms with E-state index < -0.39 is 6.29 Å². The lowest BCUT2D eigenvalue weighted by molar-refractivity contribution is -0.227. The highest BCUT2D eigenvalue weighted by Gasteiger charge is 2.51. The fourth-order valence-electron chi connectivity index (χ4n) is 5.57. The van der Waals surface area contributed by atoms with Crippen LogP contribution in [0, 0.1) is 5.92 Å². The minimum atomic E-state index is -0.751. The summed E-state index contributed by atoms with van der Waals surface area (Å²) in [5.74, 6) is 1.58. The monoisotopic (exact) mass is 508 g/mol. The van der Waals surface area contributed by atoms with Crippen molar-refractivity contribution < 1.29 is 43.0 Å². The summed E-state index contributed by atoms with van der Waals surface area (Å²) in [5, 5.41) is 10.1. The van der Waals surface area contributed by atoms with Gasteiger partial charge in [-0.1, -0.05) is 0 Å². The molecule has 36 heavy (non-hydrogen) atoms. The minimum absolute atomic E-state index is 0.0719. The molecular formula is C27H40O9. The average Bonchev–Trinajstić information content (AvgIpc) is 3.42. The van der Waals surface area contributed by atoms with E-state index in [0.29, 0.717) is 32.7 Å². The molecule has 3 aliphatic heterocycles. The van der Waals surface area contributed by atoms with Crippen molar-refractivity contribution in [2.45, 2.75) is 94.7 Å². The quantitative estimate of drug-likeness (QED) is 0.483. The molecule has 9 heteroatoms. The molecule has 1 N–H and O–H groups in total. The Bertz CT molecular complexity index is 778. The molecule has 0 spiro atoms. The van der Waals surface area contributed by atoms with E-state index in [4.69, 9.17) is 37.9 Å². The Balaban J connectivity index is 1.21. The van der Waals surface area contributed by atoms with Crippen LogP contribution in [0.3, 0.4) is 0 Å². The van der Waals surface area contributed by atoms with Gasteiger partial charge in [0.05, 0.1) is 32.0 Å². The van der Waals surface area contributed by atoms with Gasteiger partial charge in [-0.25, -0.2) is 0 Å². The Kier molecular flexibility index (Phi) is 9.35. The maximum Gasteiger partial charge on any atom is 0.158 e. The molecule has 5 rings (SSSR count). The van der Waals surface area contributed by atoms with Crippen LogP contribution < -0.4 is 9.47 Å². The van der Waals surface area contributed by atoms with Crippen molar-refractivity contribution >= 4 is 0 Å². The molecule has 3 saturated heterocycles. The summed E-state index contributed by atoms with van der Waals surface area (Å²) in [6.07, 6.45) is 5.31. The minimum Gasteiger partial charge on any atom is -0.497 e. The molecule has 1 aliphatic carbocycles. The van der Waals surface area contributed by atoms with Gasteiger partial charge in [0.25, 0.3) is 0 Å². The molecule has 1 aromatic rings. The molecule has 0 radical (unpaired) electrons.